The molecule has 0 saturated carbocycles. The molecule has 0 saturated heterocycles. The first-order valence-electron chi connectivity index (χ1n) is 19.1. The van der Waals surface area contributed by atoms with Crippen molar-refractivity contribution in [2.45, 2.75) is 38.0 Å². The lowest BCUT2D eigenvalue weighted by molar-refractivity contribution is -0.146. The smallest absolute Gasteiger partial charge is 0.407 e. The highest BCUT2D eigenvalue weighted by Crippen LogP contribution is 2.44. The molecule has 55 heavy (non-hydrogen) atoms. The van der Waals surface area contributed by atoms with Crippen LogP contribution in [0, 0.1) is 0 Å². The number of carbonyl (C=O) groups is 3. The number of carbonyl (C=O) groups excluding carboxylic acids is 2. The predicted molar refractivity (Wildman–Crippen MR) is 201 cm³/mol. The van der Waals surface area contributed by atoms with Gasteiger partial charge in [0.2, 0.25) is 0 Å². The zero-order valence-electron chi connectivity index (χ0n) is 31.9. The summed E-state index contributed by atoms with van der Waals surface area (Å²) in [5.41, 5.74) is 4.78. The van der Waals surface area contributed by atoms with Gasteiger partial charge in [-0.3, -0.25) is 9.59 Å². The Kier molecular flexibility index (Phi) is 25.4. The molecular weight excluding hydrogens is 718 g/mol. The summed E-state index contributed by atoms with van der Waals surface area (Å²) in [6, 6.07) is 16.5. The Morgan fingerprint density at radius 1 is 0.491 bits per heavy atom. The van der Waals surface area contributed by atoms with E-state index in [1.165, 1.54) is 22.3 Å². The third kappa shape index (κ3) is 21.3. The monoisotopic (exact) mass is 777 g/mol. The minimum absolute atomic E-state index is 0.0421. The van der Waals surface area contributed by atoms with E-state index in [9.17, 15) is 14.4 Å². The molecule has 0 unspecified atom stereocenters. The fourth-order valence-corrected chi connectivity index (χ4v) is 5.49. The molecule has 3 rings (SSSR count). The number of benzene rings is 2. The van der Waals surface area contributed by atoms with E-state index < -0.39 is 12.1 Å². The Morgan fingerprint density at radius 2 is 0.891 bits per heavy atom. The molecule has 1 aliphatic rings. The number of amides is 1. The van der Waals surface area contributed by atoms with Crippen molar-refractivity contribution in [2.75, 3.05) is 125 Å². The van der Waals surface area contributed by atoms with E-state index in [0.717, 1.165) is 0 Å². The Labute approximate surface area is 324 Å². The van der Waals surface area contributed by atoms with Gasteiger partial charge in [0, 0.05) is 31.9 Å². The van der Waals surface area contributed by atoms with Gasteiger partial charge in [0.25, 0.3) is 0 Å². The second-order valence-electron chi connectivity index (χ2n) is 12.3. The van der Waals surface area contributed by atoms with Crippen molar-refractivity contribution in [3.63, 3.8) is 0 Å². The molecular formula is C40H59NO14. The summed E-state index contributed by atoms with van der Waals surface area (Å²) in [4.78, 5) is 34.2. The molecule has 0 atom stereocenters. The minimum Gasteiger partial charge on any atom is -0.481 e. The summed E-state index contributed by atoms with van der Waals surface area (Å²) in [6.45, 7) is 8.02. The van der Waals surface area contributed by atoms with Gasteiger partial charge in [-0.05, 0) is 41.5 Å². The van der Waals surface area contributed by atoms with Crippen molar-refractivity contribution in [1.82, 2.24) is 5.32 Å². The fraction of sp³-hybridized carbons (Fsp3) is 0.625. The van der Waals surface area contributed by atoms with Crippen molar-refractivity contribution < 1.29 is 66.9 Å². The van der Waals surface area contributed by atoms with Crippen LogP contribution in [0.1, 0.15) is 49.1 Å². The first-order chi connectivity index (χ1) is 27.1. The number of nitrogens with one attached hydrogen (secondary N) is 1. The van der Waals surface area contributed by atoms with Gasteiger partial charge < -0.3 is 57.8 Å². The lowest BCUT2D eigenvalue weighted by atomic mass is 9.98. The van der Waals surface area contributed by atoms with Gasteiger partial charge in [0.1, 0.15) is 13.2 Å². The number of alkyl carbamates (subject to hydrolysis) is 1. The molecule has 15 heteroatoms. The molecule has 0 aliphatic heterocycles. The molecule has 1 aliphatic carbocycles. The van der Waals surface area contributed by atoms with Crippen molar-refractivity contribution in [2.24, 2.45) is 0 Å². The van der Waals surface area contributed by atoms with Crippen LogP contribution in [0.5, 0.6) is 0 Å². The van der Waals surface area contributed by atoms with Crippen LogP contribution in [0.4, 0.5) is 4.79 Å². The van der Waals surface area contributed by atoms with Crippen LogP contribution in [0.3, 0.4) is 0 Å². The Balaban J connectivity index is 0.955. The SMILES string of the molecule is O=C(O)CCCCC(=O)OCCOCCOCCOCCOCCOCCOCCOCCOCCCNC(=O)OCC1c2ccccc2-c2ccccc21. The van der Waals surface area contributed by atoms with Crippen molar-refractivity contribution in [3.8, 4) is 11.1 Å². The van der Waals surface area contributed by atoms with Crippen LogP contribution in [0.15, 0.2) is 48.5 Å². The van der Waals surface area contributed by atoms with E-state index >= 15 is 0 Å². The number of aliphatic carboxylic acids is 1. The Morgan fingerprint density at radius 3 is 1.35 bits per heavy atom. The van der Waals surface area contributed by atoms with Gasteiger partial charge in [-0.1, -0.05) is 48.5 Å². The van der Waals surface area contributed by atoms with Crippen LogP contribution >= 0.6 is 0 Å². The molecule has 0 bridgehead atoms. The first-order valence-corrected chi connectivity index (χ1v) is 19.1. The summed E-state index contributed by atoms with van der Waals surface area (Å²) in [6.07, 6.45) is 1.47. The largest absolute Gasteiger partial charge is 0.481 e. The highest BCUT2D eigenvalue weighted by Gasteiger charge is 2.28. The topological polar surface area (TPSA) is 176 Å². The molecule has 1 amide bonds. The zero-order chi connectivity index (χ0) is 39.0. The number of carboxylic acids is 1. The quantitative estimate of drug-likeness (QED) is 0.0751. The molecule has 2 N–H and O–H groups in total. The third-order valence-corrected chi connectivity index (χ3v) is 8.19. The van der Waals surface area contributed by atoms with E-state index in [4.69, 9.17) is 52.5 Å². The molecule has 0 spiro atoms. The number of ether oxygens (including phenoxy) is 10. The maximum absolute atomic E-state index is 12.3. The maximum Gasteiger partial charge on any atom is 0.407 e. The maximum atomic E-state index is 12.3. The fourth-order valence-electron chi connectivity index (χ4n) is 5.49. The second-order valence-corrected chi connectivity index (χ2v) is 12.3. The lowest BCUT2D eigenvalue weighted by Gasteiger charge is -2.14. The van der Waals surface area contributed by atoms with Crippen LogP contribution in [0.2, 0.25) is 0 Å². The van der Waals surface area contributed by atoms with Crippen molar-refractivity contribution in [1.29, 1.82) is 0 Å². The number of carboxylic acid groups (broad SMARTS) is 1. The van der Waals surface area contributed by atoms with Gasteiger partial charge in [0.15, 0.2) is 0 Å². The average Bonchev–Trinajstić information content (AvgIpc) is 3.51. The van der Waals surface area contributed by atoms with Crippen LogP contribution < -0.4 is 5.32 Å². The third-order valence-electron chi connectivity index (χ3n) is 8.19. The summed E-state index contributed by atoms with van der Waals surface area (Å²) < 4.78 is 54.3. The molecule has 2 aromatic rings. The molecule has 0 heterocycles. The molecule has 15 nitrogen and oxygen atoms in total. The average molecular weight is 778 g/mol. The van der Waals surface area contributed by atoms with Crippen LogP contribution in [-0.4, -0.2) is 149 Å². The molecule has 0 aromatic heterocycles. The number of fused-ring (bicyclic) bond motifs is 3. The summed E-state index contributed by atoms with van der Waals surface area (Å²) >= 11 is 0. The second kappa shape index (κ2) is 30.5. The summed E-state index contributed by atoms with van der Waals surface area (Å²) in [5, 5.41) is 11.4. The summed E-state index contributed by atoms with van der Waals surface area (Å²) in [7, 11) is 0. The van der Waals surface area contributed by atoms with Gasteiger partial charge >= 0.3 is 18.0 Å². The van der Waals surface area contributed by atoms with Crippen molar-refractivity contribution >= 4 is 18.0 Å². The van der Waals surface area contributed by atoms with E-state index in [-0.39, 0.29) is 37.9 Å². The normalized spacial score (nSPS) is 12.0. The van der Waals surface area contributed by atoms with Crippen LogP contribution in [-0.2, 0) is 57.0 Å². The zero-order valence-corrected chi connectivity index (χ0v) is 31.9. The lowest BCUT2D eigenvalue weighted by Crippen LogP contribution is -2.27. The predicted octanol–water partition coefficient (Wildman–Crippen LogP) is 4.24. The highest BCUT2D eigenvalue weighted by atomic mass is 16.6. The molecule has 2 aromatic carbocycles. The van der Waals surface area contributed by atoms with E-state index in [1.54, 1.807) is 0 Å². The molecule has 0 fully saturated rings. The first kappa shape index (κ1) is 45.7. The van der Waals surface area contributed by atoms with Gasteiger partial charge in [-0.25, -0.2) is 4.79 Å². The number of hydrogen-bond acceptors (Lipinski definition) is 13. The Hall–Kier alpha value is -3.67. The van der Waals surface area contributed by atoms with Crippen molar-refractivity contribution in [3.05, 3.63) is 59.7 Å². The number of rotatable bonds is 35. The molecule has 0 radical (unpaired) electrons. The number of hydrogen-bond donors (Lipinski definition) is 2. The van der Waals surface area contributed by atoms with Gasteiger partial charge in [-0.2, -0.15) is 0 Å². The minimum atomic E-state index is -0.866. The van der Waals surface area contributed by atoms with E-state index in [2.05, 4.69) is 29.6 Å². The number of esters is 1. The molecule has 308 valence electrons. The van der Waals surface area contributed by atoms with Gasteiger partial charge in [-0.15, -0.1) is 0 Å². The standard InChI is InChI=1S/C40H59NO14/c42-38(43)12-5-6-13-39(44)54-31-30-53-29-28-52-27-26-51-25-24-50-23-22-49-21-20-48-19-18-47-17-16-46-15-7-14-41-40(45)55-32-37-35-10-3-1-8-33(35)34-9-2-4-11-36(34)37/h1-4,8-11,37H,5-7,12-32H2,(H,41,45)(H,42,43). The number of unbranched alkanes of at least 4 members (excludes halogenated alkanes) is 1. The van der Waals surface area contributed by atoms with E-state index in [1.807, 2.05) is 24.3 Å². The Bertz CT molecular complexity index is 1280. The highest BCUT2D eigenvalue weighted by molar-refractivity contribution is 5.79. The van der Waals surface area contributed by atoms with Gasteiger partial charge in [0.05, 0.1) is 99.1 Å². The van der Waals surface area contributed by atoms with Crippen LogP contribution in [0.25, 0.3) is 11.1 Å². The van der Waals surface area contributed by atoms with E-state index in [0.29, 0.717) is 132 Å². The summed E-state index contributed by atoms with van der Waals surface area (Å²) in [5.74, 6) is -1.17.